The number of rotatable bonds is 4. The maximum Gasteiger partial charge on any atom is 0.295 e. The van der Waals surface area contributed by atoms with Crippen molar-refractivity contribution in [1.29, 1.82) is 0 Å². The van der Waals surface area contributed by atoms with Gasteiger partial charge in [-0.2, -0.15) is 0 Å². The zero-order valence-electron chi connectivity index (χ0n) is 16.1. The van der Waals surface area contributed by atoms with Crippen LogP contribution in [0.3, 0.4) is 0 Å². The third kappa shape index (κ3) is 3.86. The van der Waals surface area contributed by atoms with E-state index in [1.54, 1.807) is 6.92 Å². The number of amides is 1. The Kier molecular flexibility index (Phi) is 5.18. The molecule has 11 heteroatoms. The highest BCUT2D eigenvalue weighted by molar-refractivity contribution is 6.30. The quantitative estimate of drug-likeness (QED) is 0.632. The second kappa shape index (κ2) is 7.69. The number of halogens is 4. The molecular weight excluding hydrogens is 433 g/mol. The predicted molar refractivity (Wildman–Crippen MR) is 109 cm³/mol. The van der Waals surface area contributed by atoms with E-state index in [1.165, 1.54) is 41.2 Å². The summed E-state index contributed by atoms with van der Waals surface area (Å²) < 4.78 is 42.7. The van der Waals surface area contributed by atoms with Gasteiger partial charge in [-0.1, -0.05) is 11.6 Å². The van der Waals surface area contributed by atoms with Crippen molar-refractivity contribution in [3.8, 4) is 0 Å². The Balaban J connectivity index is 1.68. The average Bonchev–Trinajstić information content (AvgIpc) is 3.14. The highest BCUT2D eigenvalue weighted by atomic mass is 35.5. The molecule has 1 aliphatic heterocycles. The Morgan fingerprint density at radius 2 is 2.03 bits per heavy atom. The van der Waals surface area contributed by atoms with Crippen LogP contribution in [-0.2, 0) is 12.1 Å². The van der Waals surface area contributed by atoms with Crippen LogP contribution in [0.2, 0.25) is 5.02 Å². The second-order valence-electron chi connectivity index (χ2n) is 7.17. The van der Waals surface area contributed by atoms with Crippen LogP contribution in [0.4, 0.5) is 18.9 Å². The lowest BCUT2D eigenvalue weighted by molar-refractivity contribution is 0.102. The van der Waals surface area contributed by atoms with E-state index in [-0.39, 0.29) is 35.0 Å². The summed E-state index contributed by atoms with van der Waals surface area (Å²) >= 11 is 5.77. The van der Waals surface area contributed by atoms with Crippen molar-refractivity contribution in [3.05, 3.63) is 76.3 Å². The minimum Gasteiger partial charge on any atom is -0.382 e. The first kappa shape index (κ1) is 20.9. The molecule has 2 aromatic heterocycles. The van der Waals surface area contributed by atoms with E-state index in [1.807, 2.05) is 0 Å². The Morgan fingerprint density at radius 3 is 2.71 bits per heavy atom. The summed E-state index contributed by atoms with van der Waals surface area (Å²) in [6.45, 7) is 1.47. The smallest absolute Gasteiger partial charge is 0.295 e. The van der Waals surface area contributed by atoms with Crippen molar-refractivity contribution in [3.63, 3.8) is 0 Å². The van der Waals surface area contributed by atoms with Crippen LogP contribution in [0, 0.1) is 5.82 Å². The standard InChI is InChI=1S/C20H16ClF3N6O/c1-20(9-30-15(17(25)29-20)8-27-18(30)16(23)24)12-6-11(3-4-13(12)22)28-19(31)14-5-2-10(21)7-26-14/h2-8,16H,9H2,1H3,(H2,25,29)(H,28,31)/t20-/m0/s1. The zero-order valence-corrected chi connectivity index (χ0v) is 16.9. The van der Waals surface area contributed by atoms with Crippen LogP contribution in [0.1, 0.15) is 40.9 Å². The Morgan fingerprint density at radius 1 is 1.26 bits per heavy atom. The number of fused-ring (bicyclic) bond motifs is 1. The van der Waals surface area contributed by atoms with Gasteiger partial charge in [-0.3, -0.25) is 9.79 Å². The number of carbonyl (C=O) groups excluding carboxylic acids is 1. The number of aromatic nitrogens is 3. The molecule has 7 nitrogen and oxygen atoms in total. The van der Waals surface area contributed by atoms with Gasteiger partial charge in [0.05, 0.1) is 17.8 Å². The van der Waals surface area contributed by atoms with Gasteiger partial charge in [-0.25, -0.2) is 23.1 Å². The van der Waals surface area contributed by atoms with Crippen molar-refractivity contribution in [2.45, 2.75) is 25.4 Å². The lowest BCUT2D eigenvalue weighted by atomic mass is 9.90. The molecule has 1 atom stereocenters. The summed E-state index contributed by atoms with van der Waals surface area (Å²) in [6, 6.07) is 6.89. The molecule has 0 radical (unpaired) electrons. The van der Waals surface area contributed by atoms with Gasteiger partial charge in [0.1, 0.15) is 28.6 Å². The van der Waals surface area contributed by atoms with Gasteiger partial charge in [-0.05, 0) is 37.3 Å². The van der Waals surface area contributed by atoms with E-state index < -0.39 is 29.5 Å². The number of alkyl halides is 2. The molecule has 0 aliphatic carbocycles. The minimum absolute atomic E-state index is 0.0349. The van der Waals surface area contributed by atoms with Gasteiger partial charge in [0.15, 0.2) is 5.82 Å². The normalized spacial score (nSPS) is 17.9. The van der Waals surface area contributed by atoms with Crippen LogP contribution in [0.25, 0.3) is 0 Å². The molecule has 1 aliphatic rings. The number of nitrogens with one attached hydrogen (secondary N) is 1. The number of amidine groups is 1. The number of hydrogen-bond acceptors (Lipinski definition) is 5. The fourth-order valence-corrected chi connectivity index (χ4v) is 3.58. The molecule has 4 rings (SSSR count). The van der Waals surface area contributed by atoms with Crippen molar-refractivity contribution < 1.29 is 18.0 Å². The van der Waals surface area contributed by atoms with Crippen molar-refractivity contribution in [2.75, 3.05) is 5.32 Å². The summed E-state index contributed by atoms with van der Waals surface area (Å²) in [6.07, 6.45) is -0.283. The topological polar surface area (TPSA) is 98.2 Å². The molecule has 1 amide bonds. The summed E-state index contributed by atoms with van der Waals surface area (Å²) in [4.78, 5) is 24.4. The van der Waals surface area contributed by atoms with Gasteiger partial charge in [0.2, 0.25) is 0 Å². The van der Waals surface area contributed by atoms with Crippen molar-refractivity contribution >= 4 is 29.0 Å². The van der Waals surface area contributed by atoms with Gasteiger partial charge < -0.3 is 15.6 Å². The highest BCUT2D eigenvalue weighted by Crippen LogP contribution is 2.36. The first-order chi connectivity index (χ1) is 14.7. The number of carbonyl (C=O) groups is 1. The van der Waals surface area contributed by atoms with Crippen LogP contribution < -0.4 is 11.1 Å². The molecule has 0 saturated heterocycles. The van der Waals surface area contributed by atoms with Crippen LogP contribution in [-0.4, -0.2) is 26.3 Å². The van der Waals surface area contributed by atoms with E-state index in [0.717, 1.165) is 6.07 Å². The lowest BCUT2D eigenvalue weighted by Gasteiger charge is -2.32. The summed E-state index contributed by atoms with van der Waals surface area (Å²) in [7, 11) is 0. The highest BCUT2D eigenvalue weighted by Gasteiger charge is 2.37. The Bertz CT molecular complexity index is 1190. The molecule has 0 spiro atoms. The third-order valence-corrected chi connectivity index (χ3v) is 5.17. The van der Waals surface area contributed by atoms with Crippen molar-refractivity contribution in [1.82, 2.24) is 14.5 Å². The Labute approximate surface area is 179 Å². The van der Waals surface area contributed by atoms with Crippen LogP contribution >= 0.6 is 11.6 Å². The molecule has 0 unspecified atom stereocenters. The number of pyridine rings is 1. The number of aliphatic imine (C=N–C) groups is 1. The number of benzene rings is 1. The molecule has 160 valence electrons. The van der Waals surface area contributed by atoms with E-state index in [2.05, 4.69) is 20.3 Å². The number of imidazole rings is 1. The van der Waals surface area contributed by atoms with Gasteiger partial charge in [0, 0.05) is 17.4 Å². The summed E-state index contributed by atoms with van der Waals surface area (Å²) in [5.74, 6) is -1.66. The molecule has 0 fully saturated rings. The molecule has 3 heterocycles. The Hall–Kier alpha value is -3.40. The fraction of sp³-hybridized carbons (Fsp3) is 0.200. The number of hydrogen-bond donors (Lipinski definition) is 2. The molecule has 0 bridgehead atoms. The van der Waals surface area contributed by atoms with Gasteiger partial charge in [0.25, 0.3) is 12.3 Å². The number of anilines is 1. The SMILES string of the molecule is C[C@@]1(c2cc(NC(=O)c3ccc(Cl)cn3)ccc2F)Cn2c(cnc2C(F)F)C(N)=N1. The van der Waals surface area contributed by atoms with Crippen molar-refractivity contribution in [2.24, 2.45) is 10.7 Å². The molecular formula is C20H16ClF3N6O. The van der Waals surface area contributed by atoms with E-state index in [4.69, 9.17) is 17.3 Å². The molecule has 3 N–H and O–H groups in total. The van der Waals surface area contributed by atoms with Crippen LogP contribution in [0.5, 0.6) is 0 Å². The van der Waals surface area contributed by atoms with Gasteiger partial charge in [-0.15, -0.1) is 0 Å². The van der Waals surface area contributed by atoms with Crippen LogP contribution in [0.15, 0.2) is 47.7 Å². The number of nitrogens with zero attached hydrogens (tertiary/aromatic N) is 4. The van der Waals surface area contributed by atoms with Gasteiger partial charge >= 0.3 is 0 Å². The maximum absolute atomic E-state index is 14.8. The van der Waals surface area contributed by atoms with E-state index >= 15 is 0 Å². The molecule has 31 heavy (non-hydrogen) atoms. The molecule has 3 aromatic rings. The second-order valence-corrected chi connectivity index (χ2v) is 7.61. The summed E-state index contributed by atoms with van der Waals surface area (Å²) in [5.41, 5.74) is 5.38. The predicted octanol–water partition coefficient (Wildman–Crippen LogP) is 3.89. The molecule has 0 saturated carbocycles. The zero-order chi connectivity index (χ0) is 22.3. The average molecular weight is 449 g/mol. The molecule has 1 aromatic carbocycles. The largest absolute Gasteiger partial charge is 0.382 e. The maximum atomic E-state index is 14.8. The van der Waals surface area contributed by atoms with E-state index in [0.29, 0.717) is 5.02 Å². The number of nitrogens with two attached hydrogens (primary N) is 1. The first-order valence-electron chi connectivity index (χ1n) is 9.10. The fourth-order valence-electron chi connectivity index (χ4n) is 3.47. The van der Waals surface area contributed by atoms with E-state index in [9.17, 15) is 18.0 Å². The monoisotopic (exact) mass is 448 g/mol. The summed E-state index contributed by atoms with van der Waals surface area (Å²) in [5, 5.41) is 3.00. The minimum atomic E-state index is -2.83. The first-order valence-corrected chi connectivity index (χ1v) is 9.48. The third-order valence-electron chi connectivity index (χ3n) is 4.94. The lowest BCUT2D eigenvalue weighted by Crippen LogP contribution is -2.38.